The van der Waals surface area contributed by atoms with E-state index in [1.807, 2.05) is 4.90 Å². The van der Waals surface area contributed by atoms with Gasteiger partial charge in [-0.2, -0.15) is 11.8 Å². The van der Waals surface area contributed by atoms with Crippen molar-refractivity contribution < 1.29 is 4.79 Å². The molecule has 0 radical (unpaired) electrons. The molecule has 0 aromatic heterocycles. The molecule has 1 heterocycles. The number of hydrogen-bond donors (Lipinski definition) is 0. The van der Waals surface area contributed by atoms with Crippen molar-refractivity contribution in [3.8, 4) is 0 Å². The van der Waals surface area contributed by atoms with Gasteiger partial charge in [0.1, 0.15) is 0 Å². The number of rotatable bonds is 5. The van der Waals surface area contributed by atoms with Crippen LogP contribution in [0.5, 0.6) is 0 Å². The Hall–Kier alpha value is -0.220. The lowest BCUT2D eigenvalue weighted by atomic mass is 10.2. The first-order valence-corrected chi connectivity index (χ1v) is 7.40. The standard InChI is InChI=1S/C12H24N2OS/c1-4-9-16-10-12(15)14-7-5-13(6-8-14)11(2)3/h11H,4-10H2,1-3H3. The minimum Gasteiger partial charge on any atom is -0.339 e. The largest absolute Gasteiger partial charge is 0.339 e. The van der Waals surface area contributed by atoms with Gasteiger partial charge in [0.15, 0.2) is 0 Å². The number of nitrogens with zero attached hydrogens (tertiary/aromatic N) is 2. The second kappa shape index (κ2) is 7.17. The zero-order chi connectivity index (χ0) is 12.0. The molecule has 1 rings (SSSR count). The fraction of sp³-hybridized carbons (Fsp3) is 0.917. The van der Waals surface area contributed by atoms with Crippen molar-refractivity contribution in [3.05, 3.63) is 0 Å². The van der Waals surface area contributed by atoms with Crippen LogP contribution in [-0.4, -0.2) is 59.4 Å². The Morgan fingerprint density at radius 3 is 2.38 bits per heavy atom. The van der Waals surface area contributed by atoms with Crippen molar-refractivity contribution in [2.75, 3.05) is 37.7 Å². The molecule has 0 aliphatic carbocycles. The van der Waals surface area contributed by atoms with Crippen LogP contribution in [0.2, 0.25) is 0 Å². The molecule has 4 heteroatoms. The fourth-order valence-electron chi connectivity index (χ4n) is 1.88. The highest BCUT2D eigenvalue weighted by molar-refractivity contribution is 7.99. The second-order valence-corrected chi connectivity index (χ2v) is 5.67. The van der Waals surface area contributed by atoms with E-state index < -0.39 is 0 Å². The van der Waals surface area contributed by atoms with Gasteiger partial charge in [0, 0.05) is 32.2 Å². The molecule has 1 fully saturated rings. The first kappa shape index (κ1) is 13.8. The average molecular weight is 244 g/mol. The summed E-state index contributed by atoms with van der Waals surface area (Å²) in [6.07, 6.45) is 1.15. The van der Waals surface area contributed by atoms with E-state index >= 15 is 0 Å². The van der Waals surface area contributed by atoms with E-state index in [1.54, 1.807) is 11.8 Å². The minimum atomic E-state index is 0.321. The predicted octanol–water partition coefficient (Wildman–Crippen LogP) is 1.68. The Bertz CT molecular complexity index is 213. The third kappa shape index (κ3) is 4.34. The van der Waals surface area contributed by atoms with E-state index in [0.29, 0.717) is 17.7 Å². The molecule has 0 aromatic carbocycles. The molecular weight excluding hydrogens is 220 g/mol. The maximum absolute atomic E-state index is 11.8. The zero-order valence-electron chi connectivity index (χ0n) is 10.7. The molecule has 16 heavy (non-hydrogen) atoms. The van der Waals surface area contributed by atoms with Gasteiger partial charge in [0.2, 0.25) is 5.91 Å². The van der Waals surface area contributed by atoms with Gasteiger partial charge >= 0.3 is 0 Å². The van der Waals surface area contributed by atoms with E-state index in [-0.39, 0.29) is 0 Å². The van der Waals surface area contributed by atoms with Crippen LogP contribution in [0, 0.1) is 0 Å². The summed E-state index contributed by atoms with van der Waals surface area (Å²) >= 11 is 1.76. The molecule has 0 N–H and O–H groups in total. The summed E-state index contributed by atoms with van der Waals surface area (Å²) in [7, 11) is 0. The number of piperazine rings is 1. The van der Waals surface area contributed by atoms with E-state index in [1.165, 1.54) is 0 Å². The van der Waals surface area contributed by atoms with Crippen molar-refractivity contribution in [1.29, 1.82) is 0 Å². The molecule has 1 aliphatic heterocycles. The van der Waals surface area contributed by atoms with E-state index in [2.05, 4.69) is 25.7 Å². The first-order chi connectivity index (χ1) is 7.65. The third-order valence-electron chi connectivity index (χ3n) is 2.97. The Balaban J connectivity index is 2.22. The topological polar surface area (TPSA) is 23.6 Å². The summed E-state index contributed by atoms with van der Waals surface area (Å²) < 4.78 is 0. The molecule has 0 unspecified atom stereocenters. The van der Waals surface area contributed by atoms with Gasteiger partial charge in [-0.1, -0.05) is 6.92 Å². The number of amides is 1. The first-order valence-electron chi connectivity index (χ1n) is 6.24. The molecule has 0 aromatic rings. The molecule has 0 saturated carbocycles. The predicted molar refractivity (Wildman–Crippen MR) is 70.9 cm³/mol. The fourth-order valence-corrected chi connectivity index (χ4v) is 2.67. The van der Waals surface area contributed by atoms with Crippen molar-refractivity contribution in [2.24, 2.45) is 0 Å². The van der Waals surface area contributed by atoms with Gasteiger partial charge in [-0.15, -0.1) is 0 Å². The number of carbonyl (C=O) groups is 1. The van der Waals surface area contributed by atoms with Gasteiger partial charge in [0.25, 0.3) is 0 Å². The highest BCUT2D eigenvalue weighted by Crippen LogP contribution is 2.09. The molecule has 1 aliphatic rings. The molecule has 3 nitrogen and oxygen atoms in total. The van der Waals surface area contributed by atoms with Crippen LogP contribution < -0.4 is 0 Å². The van der Waals surface area contributed by atoms with Crippen LogP contribution in [0.15, 0.2) is 0 Å². The summed E-state index contributed by atoms with van der Waals surface area (Å²) in [6.45, 7) is 10.5. The Kier molecular flexibility index (Phi) is 6.21. The SMILES string of the molecule is CCCSCC(=O)N1CCN(C(C)C)CC1. The number of hydrogen-bond acceptors (Lipinski definition) is 3. The van der Waals surface area contributed by atoms with Crippen molar-refractivity contribution >= 4 is 17.7 Å². The van der Waals surface area contributed by atoms with Gasteiger partial charge < -0.3 is 4.90 Å². The highest BCUT2D eigenvalue weighted by atomic mass is 32.2. The van der Waals surface area contributed by atoms with E-state index in [0.717, 1.165) is 38.4 Å². The molecule has 1 amide bonds. The summed E-state index contributed by atoms with van der Waals surface area (Å²) in [5, 5.41) is 0. The van der Waals surface area contributed by atoms with Crippen LogP contribution >= 0.6 is 11.8 Å². The molecule has 0 spiro atoms. The smallest absolute Gasteiger partial charge is 0.232 e. The van der Waals surface area contributed by atoms with Gasteiger partial charge in [0.05, 0.1) is 5.75 Å². The molecule has 0 bridgehead atoms. The maximum atomic E-state index is 11.8. The Labute approximate surface area is 104 Å². The number of carbonyl (C=O) groups excluding carboxylic acids is 1. The molecular formula is C12H24N2OS. The minimum absolute atomic E-state index is 0.321. The second-order valence-electron chi connectivity index (χ2n) is 4.56. The summed E-state index contributed by atoms with van der Waals surface area (Å²) in [6, 6.07) is 0.603. The normalized spacial score (nSPS) is 18.1. The lowest BCUT2D eigenvalue weighted by Gasteiger charge is -2.36. The maximum Gasteiger partial charge on any atom is 0.232 e. The van der Waals surface area contributed by atoms with Crippen LogP contribution in [0.3, 0.4) is 0 Å². The number of thioether (sulfide) groups is 1. The average Bonchev–Trinajstić information content (AvgIpc) is 2.29. The molecule has 94 valence electrons. The molecule has 0 atom stereocenters. The quantitative estimate of drug-likeness (QED) is 0.688. The van der Waals surface area contributed by atoms with Crippen LogP contribution in [0.1, 0.15) is 27.2 Å². The Morgan fingerprint density at radius 1 is 1.25 bits per heavy atom. The van der Waals surface area contributed by atoms with Crippen molar-refractivity contribution in [2.45, 2.75) is 33.2 Å². The van der Waals surface area contributed by atoms with Gasteiger partial charge in [-0.3, -0.25) is 9.69 Å². The molecule has 1 saturated heterocycles. The van der Waals surface area contributed by atoms with Gasteiger partial charge in [-0.25, -0.2) is 0 Å². The van der Waals surface area contributed by atoms with Gasteiger partial charge in [-0.05, 0) is 26.0 Å². The lowest BCUT2D eigenvalue weighted by molar-refractivity contribution is -0.130. The van der Waals surface area contributed by atoms with Crippen molar-refractivity contribution in [3.63, 3.8) is 0 Å². The third-order valence-corrected chi connectivity index (χ3v) is 4.12. The zero-order valence-corrected chi connectivity index (χ0v) is 11.6. The summed E-state index contributed by atoms with van der Waals surface area (Å²) in [5.41, 5.74) is 0. The van der Waals surface area contributed by atoms with Crippen LogP contribution in [-0.2, 0) is 4.79 Å². The van der Waals surface area contributed by atoms with E-state index in [9.17, 15) is 4.79 Å². The van der Waals surface area contributed by atoms with E-state index in [4.69, 9.17) is 0 Å². The van der Waals surface area contributed by atoms with Crippen LogP contribution in [0.25, 0.3) is 0 Å². The lowest BCUT2D eigenvalue weighted by Crippen LogP contribution is -2.51. The summed E-state index contributed by atoms with van der Waals surface area (Å²) in [5.74, 6) is 2.08. The summed E-state index contributed by atoms with van der Waals surface area (Å²) in [4.78, 5) is 16.3. The Morgan fingerprint density at radius 2 is 1.88 bits per heavy atom. The van der Waals surface area contributed by atoms with Crippen molar-refractivity contribution in [1.82, 2.24) is 9.80 Å². The monoisotopic (exact) mass is 244 g/mol. The van der Waals surface area contributed by atoms with Crippen LogP contribution in [0.4, 0.5) is 0 Å². The highest BCUT2D eigenvalue weighted by Gasteiger charge is 2.21.